The minimum absolute atomic E-state index is 0.744. The predicted octanol–water partition coefficient (Wildman–Crippen LogP) is 2.89. The largest absolute Gasteiger partial charge is 0.383 e. The van der Waals surface area contributed by atoms with Gasteiger partial charge in [0.1, 0.15) is 5.82 Å². The molecule has 98 valence electrons. The van der Waals surface area contributed by atoms with Crippen molar-refractivity contribution in [3.05, 3.63) is 36.5 Å². The third kappa shape index (κ3) is 3.84. The van der Waals surface area contributed by atoms with Gasteiger partial charge in [-0.25, -0.2) is 4.98 Å². The third-order valence-corrected chi connectivity index (χ3v) is 3.39. The first-order valence-corrected chi connectivity index (χ1v) is 6.70. The van der Waals surface area contributed by atoms with Gasteiger partial charge in [-0.1, -0.05) is 18.2 Å². The summed E-state index contributed by atoms with van der Waals surface area (Å²) in [6.07, 6.45) is 10.1. The van der Waals surface area contributed by atoms with Gasteiger partial charge in [0.25, 0.3) is 0 Å². The zero-order valence-corrected chi connectivity index (χ0v) is 11.1. The molecule has 1 heterocycles. The van der Waals surface area contributed by atoms with Gasteiger partial charge in [-0.15, -0.1) is 0 Å². The fraction of sp³-hybridized carbons (Fsp3) is 0.533. The van der Waals surface area contributed by atoms with E-state index in [4.69, 9.17) is 4.74 Å². The van der Waals surface area contributed by atoms with Crippen LogP contribution in [0, 0.1) is 5.92 Å². The Kier molecular flexibility index (Phi) is 5.21. The summed E-state index contributed by atoms with van der Waals surface area (Å²) >= 11 is 0. The van der Waals surface area contributed by atoms with E-state index in [2.05, 4.69) is 28.1 Å². The second-order valence-corrected chi connectivity index (χ2v) is 4.78. The number of hydrogen-bond acceptors (Lipinski definition) is 3. The second-order valence-electron chi connectivity index (χ2n) is 4.78. The lowest BCUT2D eigenvalue weighted by Gasteiger charge is -2.29. The Bertz CT molecular complexity index is 364. The maximum atomic E-state index is 5.20. The van der Waals surface area contributed by atoms with Gasteiger partial charge in [0.05, 0.1) is 6.61 Å². The number of nitrogens with zero attached hydrogens (tertiary/aromatic N) is 2. The third-order valence-electron chi connectivity index (χ3n) is 3.39. The van der Waals surface area contributed by atoms with E-state index >= 15 is 0 Å². The normalized spacial score (nSPS) is 18.8. The molecule has 1 atom stereocenters. The van der Waals surface area contributed by atoms with E-state index in [0.717, 1.165) is 31.4 Å². The van der Waals surface area contributed by atoms with E-state index < -0.39 is 0 Å². The van der Waals surface area contributed by atoms with Crippen molar-refractivity contribution in [2.45, 2.75) is 19.3 Å². The fourth-order valence-electron chi connectivity index (χ4n) is 2.38. The number of allylic oxidation sites excluding steroid dienone is 2. The first-order chi connectivity index (χ1) is 8.90. The summed E-state index contributed by atoms with van der Waals surface area (Å²) < 4.78 is 5.20. The number of methoxy groups -OCH3 is 1. The van der Waals surface area contributed by atoms with Crippen molar-refractivity contribution < 1.29 is 4.74 Å². The van der Waals surface area contributed by atoms with Crippen LogP contribution in [0.25, 0.3) is 0 Å². The fourth-order valence-corrected chi connectivity index (χ4v) is 2.38. The first-order valence-electron chi connectivity index (χ1n) is 6.70. The molecule has 3 heteroatoms. The van der Waals surface area contributed by atoms with Crippen molar-refractivity contribution in [1.82, 2.24) is 4.98 Å². The highest BCUT2D eigenvalue weighted by Crippen LogP contribution is 2.21. The molecule has 0 saturated heterocycles. The zero-order valence-electron chi connectivity index (χ0n) is 11.1. The molecular formula is C15H22N2O. The van der Waals surface area contributed by atoms with Crippen LogP contribution in [0.2, 0.25) is 0 Å². The Morgan fingerprint density at radius 2 is 2.33 bits per heavy atom. The van der Waals surface area contributed by atoms with Crippen LogP contribution >= 0.6 is 0 Å². The minimum atomic E-state index is 0.744. The molecule has 0 saturated carbocycles. The molecule has 1 aliphatic rings. The van der Waals surface area contributed by atoms with E-state index in [0.29, 0.717) is 0 Å². The van der Waals surface area contributed by atoms with Gasteiger partial charge in [-0.2, -0.15) is 0 Å². The van der Waals surface area contributed by atoms with Crippen LogP contribution in [0.3, 0.4) is 0 Å². The van der Waals surface area contributed by atoms with Crippen molar-refractivity contribution in [1.29, 1.82) is 0 Å². The topological polar surface area (TPSA) is 25.4 Å². The maximum Gasteiger partial charge on any atom is 0.128 e. The highest BCUT2D eigenvalue weighted by atomic mass is 16.5. The molecule has 2 rings (SSSR count). The lowest BCUT2D eigenvalue weighted by Crippen LogP contribution is -2.33. The number of hydrogen-bond donors (Lipinski definition) is 0. The van der Waals surface area contributed by atoms with Crippen LogP contribution < -0.4 is 4.90 Å². The van der Waals surface area contributed by atoms with E-state index in [-0.39, 0.29) is 0 Å². The molecule has 3 nitrogen and oxygen atoms in total. The van der Waals surface area contributed by atoms with Crippen LogP contribution in [0.5, 0.6) is 0 Å². The smallest absolute Gasteiger partial charge is 0.128 e. The van der Waals surface area contributed by atoms with E-state index in [1.54, 1.807) is 7.11 Å². The lowest BCUT2D eigenvalue weighted by molar-refractivity contribution is 0.203. The van der Waals surface area contributed by atoms with Crippen LogP contribution in [0.1, 0.15) is 19.3 Å². The molecule has 0 aliphatic heterocycles. The van der Waals surface area contributed by atoms with Gasteiger partial charge >= 0.3 is 0 Å². The van der Waals surface area contributed by atoms with Gasteiger partial charge in [0.15, 0.2) is 0 Å². The molecule has 0 bridgehead atoms. The van der Waals surface area contributed by atoms with Crippen molar-refractivity contribution in [2.75, 3.05) is 31.7 Å². The molecule has 0 fully saturated rings. The Morgan fingerprint density at radius 1 is 1.39 bits per heavy atom. The Labute approximate surface area is 109 Å². The summed E-state index contributed by atoms with van der Waals surface area (Å²) in [5, 5.41) is 0. The van der Waals surface area contributed by atoms with Gasteiger partial charge in [0, 0.05) is 26.4 Å². The zero-order chi connectivity index (χ0) is 12.6. The average Bonchev–Trinajstić information content (AvgIpc) is 2.45. The lowest BCUT2D eigenvalue weighted by atomic mass is 9.94. The van der Waals surface area contributed by atoms with Crippen molar-refractivity contribution in [3.8, 4) is 0 Å². The standard InChI is InChI=1S/C15H22N2O/c1-18-12-11-17(15-9-5-6-10-16-15)13-14-7-3-2-4-8-14/h2-3,5-6,9-10,14H,4,7-8,11-13H2,1H3. The van der Waals surface area contributed by atoms with Gasteiger partial charge in [-0.05, 0) is 37.3 Å². The molecule has 1 aliphatic carbocycles. The van der Waals surface area contributed by atoms with Crippen molar-refractivity contribution in [2.24, 2.45) is 5.92 Å². The molecule has 0 N–H and O–H groups in total. The van der Waals surface area contributed by atoms with Gasteiger partial charge < -0.3 is 9.64 Å². The Hall–Kier alpha value is -1.35. The molecule has 1 aromatic rings. The Balaban J connectivity index is 1.98. The molecule has 0 amide bonds. The summed E-state index contributed by atoms with van der Waals surface area (Å²) in [5.74, 6) is 1.80. The molecule has 1 aromatic heterocycles. The highest BCUT2D eigenvalue weighted by molar-refractivity contribution is 5.37. The molecular weight excluding hydrogens is 224 g/mol. The van der Waals surface area contributed by atoms with Crippen molar-refractivity contribution in [3.63, 3.8) is 0 Å². The summed E-state index contributed by atoms with van der Waals surface area (Å²) in [4.78, 5) is 6.79. The number of anilines is 1. The predicted molar refractivity (Wildman–Crippen MR) is 74.8 cm³/mol. The number of pyridine rings is 1. The van der Waals surface area contributed by atoms with Gasteiger partial charge in [-0.3, -0.25) is 0 Å². The maximum absolute atomic E-state index is 5.20. The molecule has 0 spiro atoms. The quantitative estimate of drug-likeness (QED) is 0.722. The second kappa shape index (κ2) is 7.17. The molecule has 18 heavy (non-hydrogen) atoms. The Morgan fingerprint density at radius 3 is 3.00 bits per heavy atom. The summed E-state index contributed by atoms with van der Waals surface area (Å²) in [5.41, 5.74) is 0. The molecule has 0 aromatic carbocycles. The SMILES string of the molecule is COCCN(CC1CC=CCC1)c1ccccn1. The van der Waals surface area contributed by atoms with Crippen molar-refractivity contribution >= 4 is 5.82 Å². The van der Waals surface area contributed by atoms with E-state index in [1.807, 2.05) is 18.3 Å². The monoisotopic (exact) mass is 246 g/mol. The van der Waals surface area contributed by atoms with Gasteiger partial charge in [0.2, 0.25) is 0 Å². The van der Waals surface area contributed by atoms with Crippen LogP contribution in [-0.2, 0) is 4.74 Å². The highest BCUT2D eigenvalue weighted by Gasteiger charge is 2.15. The van der Waals surface area contributed by atoms with Crippen LogP contribution in [0.15, 0.2) is 36.5 Å². The summed E-state index contributed by atoms with van der Waals surface area (Å²) in [6.45, 7) is 2.73. The van der Waals surface area contributed by atoms with E-state index in [1.165, 1.54) is 19.3 Å². The molecule has 0 radical (unpaired) electrons. The minimum Gasteiger partial charge on any atom is -0.383 e. The van der Waals surface area contributed by atoms with E-state index in [9.17, 15) is 0 Å². The molecule has 1 unspecified atom stereocenters. The number of aromatic nitrogens is 1. The summed E-state index contributed by atoms with van der Waals surface area (Å²) in [7, 11) is 1.75. The number of rotatable bonds is 6. The average molecular weight is 246 g/mol. The van der Waals surface area contributed by atoms with Crippen LogP contribution in [-0.4, -0.2) is 31.8 Å². The number of ether oxygens (including phenoxy) is 1. The van der Waals surface area contributed by atoms with Crippen LogP contribution in [0.4, 0.5) is 5.82 Å². The first kappa shape index (κ1) is 13.1. The summed E-state index contributed by atoms with van der Waals surface area (Å²) in [6, 6.07) is 6.08.